The number of benzene rings is 1. The van der Waals surface area contributed by atoms with Crippen molar-refractivity contribution in [1.29, 1.82) is 0 Å². The SMILES string of the molecule is Cc1cc([N+](=O)[O-])c(F)cc1C(C)C(=O)O. The summed E-state index contributed by atoms with van der Waals surface area (Å²) in [5, 5.41) is 19.2. The highest BCUT2D eigenvalue weighted by Crippen LogP contribution is 2.26. The van der Waals surface area contributed by atoms with Crippen molar-refractivity contribution in [3.8, 4) is 0 Å². The fourth-order valence-electron chi connectivity index (χ4n) is 1.42. The van der Waals surface area contributed by atoms with E-state index >= 15 is 0 Å². The molecule has 5 nitrogen and oxygen atoms in total. The van der Waals surface area contributed by atoms with Crippen molar-refractivity contribution in [2.24, 2.45) is 0 Å². The molecule has 0 heterocycles. The van der Waals surface area contributed by atoms with Crippen molar-refractivity contribution in [2.75, 3.05) is 0 Å². The highest BCUT2D eigenvalue weighted by Gasteiger charge is 2.22. The average Bonchev–Trinajstić information content (AvgIpc) is 2.19. The molecular weight excluding hydrogens is 217 g/mol. The number of nitrogens with zero attached hydrogens (tertiary/aromatic N) is 1. The first-order valence-electron chi connectivity index (χ1n) is 4.51. The Morgan fingerprint density at radius 2 is 2.12 bits per heavy atom. The van der Waals surface area contributed by atoms with Gasteiger partial charge in [0.2, 0.25) is 5.82 Å². The third-order valence-electron chi connectivity index (χ3n) is 2.37. The lowest BCUT2D eigenvalue weighted by molar-refractivity contribution is -0.387. The van der Waals surface area contributed by atoms with Crippen LogP contribution in [0.15, 0.2) is 12.1 Å². The van der Waals surface area contributed by atoms with E-state index in [1.807, 2.05) is 0 Å². The summed E-state index contributed by atoms with van der Waals surface area (Å²) < 4.78 is 13.3. The predicted octanol–water partition coefficient (Wildman–Crippen LogP) is 2.23. The molecule has 16 heavy (non-hydrogen) atoms. The number of aliphatic carboxylic acids is 1. The Hall–Kier alpha value is -1.98. The second-order valence-electron chi connectivity index (χ2n) is 3.48. The summed E-state index contributed by atoms with van der Waals surface area (Å²) in [5.41, 5.74) is -0.00237. The van der Waals surface area contributed by atoms with Gasteiger partial charge in [0, 0.05) is 6.07 Å². The van der Waals surface area contributed by atoms with E-state index in [1.54, 1.807) is 0 Å². The Morgan fingerprint density at radius 3 is 2.56 bits per heavy atom. The number of aryl methyl sites for hydroxylation is 1. The van der Waals surface area contributed by atoms with Gasteiger partial charge in [-0.15, -0.1) is 0 Å². The Kier molecular flexibility index (Phi) is 3.22. The molecule has 1 aromatic rings. The van der Waals surface area contributed by atoms with Crippen LogP contribution in [-0.4, -0.2) is 16.0 Å². The van der Waals surface area contributed by atoms with Gasteiger partial charge < -0.3 is 5.11 Å². The molecule has 0 saturated heterocycles. The zero-order chi connectivity index (χ0) is 12.5. The van der Waals surface area contributed by atoms with Gasteiger partial charge in [-0.1, -0.05) is 0 Å². The quantitative estimate of drug-likeness (QED) is 0.634. The lowest BCUT2D eigenvalue weighted by Crippen LogP contribution is -2.10. The molecule has 0 fully saturated rings. The fraction of sp³-hybridized carbons (Fsp3) is 0.300. The normalized spacial score (nSPS) is 12.2. The van der Waals surface area contributed by atoms with E-state index in [2.05, 4.69) is 0 Å². The van der Waals surface area contributed by atoms with Gasteiger partial charge in [-0.2, -0.15) is 4.39 Å². The molecule has 1 atom stereocenters. The number of hydrogen-bond acceptors (Lipinski definition) is 3. The number of rotatable bonds is 3. The minimum atomic E-state index is -1.10. The monoisotopic (exact) mass is 227 g/mol. The molecule has 0 radical (unpaired) electrons. The van der Waals surface area contributed by atoms with Crippen LogP contribution in [0.25, 0.3) is 0 Å². The number of carboxylic acids is 1. The molecule has 6 heteroatoms. The zero-order valence-corrected chi connectivity index (χ0v) is 8.73. The van der Waals surface area contributed by atoms with Gasteiger partial charge in [-0.05, 0) is 31.0 Å². The van der Waals surface area contributed by atoms with Crippen LogP contribution in [0, 0.1) is 22.9 Å². The molecule has 0 aliphatic carbocycles. The van der Waals surface area contributed by atoms with Crippen molar-refractivity contribution in [2.45, 2.75) is 19.8 Å². The predicted molar refractivity (Wildman–Crippen MR) is 53.8 cm³/mol. The van der Waals surface area contributed by atoms with Crippen LogP contribution in [0.5, 0.6) is 0 Å². The van der Waals surface area contributed by atoms with E-state index in [-0.39, 0.29) is 5.56 Å². The summed E-state index contributed by atoms with van der Waals surface area (Å²) in [4.78, 5) is 20.3. The Labute approximate surface area is 90.7 Å². The van der Waals surface area contributed by atoms with Gasteiger partial charge in [0.05, 0.1) is 10.8 Å². The molecule has 0 aliphatic rings. The van der Waals surface area contributed by atoms with E-state index in [0.29, 0.717) is 5.56 Å². The topological polar surface area (TPSA) is 80.4 Å². The first-order valence-corrected chi connectivity index (χ1v) is 4.51. The zero-order valence-electron chi connectivity index (χ0n) is 8.73. The number of halogens is 1. The van der Waals surface area contributed by atoms with Crippen molar-refractivity contribution < 1.29 is 19.2 Å². The molecule has 0 aromatic heterocycles. The third kappa shape index (κ3) is 2.16. The summed E-state index contributed by atoms with van der Waals surface area (Å²) >= 11 is 0. The van der Waals surface area contributed by atoms with Gasteiger partial charge in [0.25, 0.3) is 0 Å². The van der Waals surface area contributed by atoms with Gasteiger partial charge in [-0.25, -0.2) is 0 Å². The van der Waals surface area contributed by atoms with Crippen LogP contribution >= 0.6 is 0 Å². The Bertz CT molecular complexity index is 458. The van der Waals surface area contributed by atoms with E-state index < -0.39 is 28.3 Å². The molecule has 0 spiro atoms. The summed E-state index contributed by atoms with van der Waals surface area (Å²) in [6.45, 7) is 2.91. The van der Waals surface area contributed by atoms with Crippen molar-refractivity contribution >= 4 is 11.7 Å². The van der Waals surface area contributed by atoms with Crippen molar-refractivity contribution in [3.05, 3.63) is 39.2 Å². The van der Waals surface area contributed by atoms with Gasteiger partial charge in [0.15, 0.2) is 0 Å². The van der Waals surface area contributed by atoms with Crippen molar-refractivity contribution in [1.82, 2.24) is 0 Å². The van der Waals surface area contributed by atoms with E-state index in [0.717, 1.165) is 12.1 Å². The smallest absolute Gasteiger partial charge is 0.310 e. The highest BCUT2D eigenvalue weighted by molar-refractivity contribution is 5.76. The van der Waals surface area contributed by atoms with Crippen LogP contribution in [0.3, 0.4) is 0 Å². The van der Waals surface area contributed by atoms with Gasteiger partial charge in [-0.3, -0.25) is 14.9 Å². The maximum atomic E-state index is 13.3. The molecule has 0 amide bonds. The number of nitro benzene ring substituents is 1. The molecule has 1 aromatic carbocycles. The van der Waals surface area contributed by atoms with Crippen LogP contribution in [-0.2, 0) is 4.79 Å². The number of carbonyl (C=O) groups is 1. The molecular formula is C10H10FNO4. The summed E-state index contributed by atoms with van der Waals surface area (Å²) in [7, 11) is 0. The number of carboxylic acid groups (broad SMARTS) is 1. The maximum absolute atomic E-state index is 13.3. The van der Waals surface area contributed by atoms with Gasteiger partial charge in [0.1, 0.15) is 0 Å². The number of hydrogen-bond donors (Lipinski definition) is 1. The largest absolute Gasteiger partial charge is 0.481 e. The molecule has 86 valence electrons. The van der Waals surface area contributed by atoms with Crippen LogP contribution < -0.4 is 0 Å². The van der Waals surface area contributed by atoms with E-state index in [1.165, 1.54) is 13.8 Å². The Balaban J connectivity index is 3.31. The summed E-state index contributed by atoms with van der Waals surface area (Å²) in [6, 6.07) is 1.95. The molecule has 1 unspecified atom stereocenters. The average molecular weight is 227 g/mol. The molecule has 0 aliphatic heterocycles. The third-order valence-corrected chi connectivity index (χ3v) is 2.37. The molecule has 0 bridgehead atoms. The minimum absolute atomic E-state index is 0.246. The maximum Gasteiger partial charge on any atom is 0.310 e. The van der Waals surface area contributed by atoms with Crippen LogP contribution in [0.1, 0.15) is 24.0 Å². The molecule has 1 N–H and O–H groups in total. The summed E-state index contributed by atoms with van der Waals surface area (Å²) in [6.07, 6.45) is 0. The van der Waals surface area contributed by atoms with Crippen molar-refractivity contribution in [3.63, 3.8) is 0 Å². The van der Waals surface area contributed by atoms with Crippen LogP contribution in [0.2, 0.25) is 0 Å². The van der Waals surface area contributed by atoms with E-state index in [9.17, 15) is 19.3 Å². The number of nitro groups is 1. The van der Waals surface area contributed by atoms with Crippen LogP contribution in [0.4, 0.5) is 10.1 Å². The minimum Gasteiger partial charge on any atom is -0.481 e. The molecule has 0 saturated carbocycles. The molecule has 1 rings (SSSR count). The fourth-order valence-corrected chi connectivity index (χ4v) is 1.42. The standard InChI is InChI=1S/C10H10FNO4/c1-5-3-9(12(15)16)8(11)4-7(5)6(2)10(13)14/h3-4,6H,1-2H3,(H,13,14). The first kappa shape index (κ1) is 12.1. The lowest BCUT2D eigenvalue weighted by atomic mass is 9.96. The summed E-state index contributed by atoms with van der Waals surface area (Å²) in [5.74, 6) is -3.01. The highest BCUT2D eigenvalue weighted by atomic mass is 19.1. The lowest BCUT2D eigenvalue weighted by Gasteiger charge is -2.10. The Morgan fingerprint density at radius 1 is 1.56 bits per heavy atom. The second-order valence-corrected chi connectivity index (χ2v) is 3.48. The first-order chi connectivity index (χ1) is 7.34. The van der Waals surface area contributed by atoms with E-state index in [4.69, 9.17) is 5.11 Å². The second kappa shape index (κ2) is 4.26. The van der Waals surface area contributed by atoms with Gasteiger partial charge >= 0.3 is 11.7 Å².